The number of benzene rings is 3. The number of para-hydroxylation sites is 3. The number of ketones is 1. The van der Waals surface area contributed by atoms with Crippen LogP contribution in [0.25, 0.3) is 0 Å². The Bertz CT molecular complexity index is 1260. The lowest BCUT2D eigenvalue weighted by molar-refractivity contribution is -0.135. The summed E-state index contributed by atoms with van der Waals surface area (Å²) in [6.45, 7) is 0.454. The maximum absolute atomic E-state index is 13.4. The zero-order chi connectivity index (χ0) is 23.7. The first-order valence-electron chi connectivity index (χ1n) is 10.8. The number of aliphatic hydroxyl groups is 1. The average Bonchev–Trinajstić information content (AvgIpc) is 3.41. The van der Waals surface area contributed by atoms with Gasteiger partial charge in [-0.1, -0.05) is 30.3 Å². The molecule has 1 atom stereocenters. The van der Waals surface area contributed by atoms with Gasteiger partial charge in [0.25, 0.3) is 5.91 Å². The van der Waals surface area contributed by atoms with Gasteiger partial charge in [0.2, 0.25) is 6.79 Å². The van der Waals surface area contributed by atoms with Crippen LogP contribution >= 0.6 is 0 Å². The predicted molar refractivity (Wildman–Crippen MR) is 123 cm³/mol. The van der Waals surface area contributed by atoms with Crippen LogP contribution in [0.4, 0.5) is 5.69 Å². The first-order chi connectivity index (χ1) is 16.5. The molecule has 8 nitrogen and oxygen atoms in total. The van der Waals surface area contributed by atoms with Crippen molar-refractivity contribution in [3.63, 3.8) is 0 Å². The van der Waals surface area contributed by atoms with Gasteiger partial charge in [0.15, 0.2) is 34.4 Å². The van der Waals surface area contributed by atoms with Gasteiger partial charge in [0.05, 0.1) is 25.8 Å². The lowest BCUT2D eigenvalue weighted by Gasteiger charge is -2.23. The van der Waals surface area contributed by atoms with E-state index >= 15 is 0 Å². The summed E-state index contributed by atoms with van der Waals surface area (Å²) in [7, 11) is 1.56. The number of hydrogen-bond donors (Lipinski definition) is 1. The fourth-order valence-electron chi connectivity index (χ4n) is 4.29. The molecule has 1 amide bonds. The molecule has 2 aliphatic rings. The van der Waals surface area contributed by atoms with Gasteiger partial charge < -0.3 is 29.0 Å². The molecule has 2 heterocycles. The van der Waals surface area contributed by atoms with E-state index in [1.54, 1.807) is 61.7 Å². The van der Waals surface area contributed by atoms with Crippen molar-refractivity contribution in [2.45, 2.75) is 12.0 Å². The van der Waals surface area contributed by atoms with Gasteiger partial charge in [-0.15, -0.1) is 0 Å². The number of nitrogens with zero attached hydrogens (tertiary/aromatic N) is 1. The summed E-state index contributed by atoms with van der Waals surface area (Å²) in [5, 5.41) is 11.5. The Kier molecular flexibility index (Phi) is 5.59. The number of anilines is 1. The molecular formula is C26H23NO7. The summed E-state index contributed by atoms with van der Waals surface area (Å²) in [5.41, 5.74) is -0.696. The van der Waals surface area contributed by atoms with Gasteiger partial charge >= 0.3 is 0 Å². The lowest BCUT2D eigenvalue weighted by atomic mass is 9.88. The van der Waals surface area contributed by atoms with Crippen molar-refractivity contribution < 1.29 is 33.6 Å². The smallest absolute Gasteiger partial charge is 0.264 e. The Morgan fingerprint density at radius 3 is 2.59 bits per heavy atom. The van der Waals surface area contributed by atoms with Crippen LogP contribution in [0, 0.1) is 0 Å². The highest BCUT2D eigenvalue weighted by Crippen LogP contribution is 2.43. The summed E-state index contributed by atoms with van der Waals surface area (Å²) in [6, 6.07) is 19.0. The van der Waals surface area contributed by atoms with Gasteiger partial charge in [0, 0.05) is 11.1 Å². The van der Waals surface area contributed by atoms with Gasteiger partial charge in [-0.3, -0.25) is 9.59 Å². The summed E-state index contributed by atoms with van der Waals surface area (Å²) in [6.07, 6.45) is -0.396. The van der Waals surface area contributed by atoms with E-state index < -0.39 is 17.9 Å². The normalized spacial score (nSPS) is 18.1. The second kappa shape index (κ2) is 8.72. The van der Waals surface area contributed by atoms with Gasteiger partial charge in [-0.2, -0.15) is 0 Å². The Morgan fingerprint density at radius 2 is 1.76 bits per heavy atom. The van der Waals surface area contributed by atoms with E-state index in [1.807, 2.05) is 12.1 Å². The number of amides is 1. The molecule has 0 aromatic heterocycles. The molecule has 0 saturated heterocycles. The number of fused-ring (bicyclic) bond motifs is 2. The molecular weight excluding hydrogens is 438 g/mol. The van der Waals surface area contributed by atoms with Crippen molar-refractivity contribution >= 4 is 17.4 Å². The maximum atomic E-state index is 13.4. The highest BCUT2D eigenvalue weighted by molar-refractivity contribution is 6.10. The van der Waals surface area contributed by atoms with Crippen LogP contribution in [0.5, 0.6) is 23.0 Å². The van der Waals surface area contributed by atoms with E-state index in [2.05, 4.69) is 0 Å². The standard InChI is InChI=1S/C26H23NO7/c1-31-21-8-4-5-9-22(21)32-13-12-27-19-7-3-2-6-18(19)26(30,25(27)29)15-20(28)17-10-11-23-24(14-17)34-16-33-23/h2-11,14,30H,12-13,15-16H2,1H3/t26-/m1/s1. The predicted octanol–water partition coefficient (Wildman–Crippen LogP) is 3.31. The first kappa shape index (κ1) is 21.8. The number of rotatable bonds is 8. The molecule has 3 aromatic carbocycles. The zero-order valence-electron chi connectivity index (χ0n) is 18.5. The molecule has 5 rings (SSSR count). The van der Waals surface area contributed by atoms with Crippen LogP contribution in [-0.4, -0.2) is 43.9 Å². The topological polar surface area (TPSA) is 94.5 Å². The van der Waals surface area contributed by atoms with Crippen LogP contribution in [0.3, 0.4) is 0 Å². The van der Waals surface area contributed by atoms with Crippen LogP contribution in [-0.2, 0) is 10.4 Å². The number of methoxy groups -OCH3 is 1. The van der Waals surface area contributed by atoms with Crippen LogP contribution in [0.2, 0.25) is 0 Å². The average molecular weight is 461 g/mol. The maximum Gasteiger partial charge on any atom is 0.264 e. The zero-order valence-corrected chi connectivity index (χ0v) is 18.5. The Hall–Kier alpha value is -4.04. The second-order valence-corrected chi connectivity index (χ2v) is 8.00. The summed E-state index contributed by atoms with van der Waals surface area (Å²) < 4.78 is 21.7. The minimum atomic E-state index is -1.98. The van der Waals surface area contributed by atoms with Crippen molar-refractivity contribution in [2.24, 2.45) is 0 Å². The second-order valence-electron chi connectivity index (χ2n) is 8.00. The van der Waals surface area contributed by atoms with Crippen molar-refractivity contribution in [2.75, 3.05) is 32.0 Å². The number of hydrogen-bond acceptors (Lipinski definition) is 7. The summed E-state index contributed by atoms with van der Waals surface area (Å²) in [5.74, 6) is 1.21. The largest absolute Gasteiger partial charge is 0.493 e. The Balaban J connectivity index is 1.35. The lowest BCUT2D eigenvalue weighted by Crippen LogP contribution is -2.43. The first-order valence-corrected chi connectivity index (χ1v) is 10.8. The van der Waals surface area contributed by atoms with Gasteiger partial charge in [-0.05, 0) is 36.4 Å². The number of carbonyl (C=O) groups excluding carboxylic acids is 2. The fourth-order valence-corrected chi connectivity index (χ4v) is 4.29. The molecule has 34 heavy (non-hydrogen) atoms. The van der Waals surface area contributed by atoms with Gasteiger partial charge in [-0.25, -0.2) is 0 Å². The van der Waals surface area contributed by atoms with Crippen molar-refractivity contribution in [3.8, 4) is 23.0 Å². The molecule has 3 aromatic rings. The Morgan fingerprint density at radius 1 is 1.03 bits per heavy atom. The molecule has 1 N–H and O–H groups in total. The molecule has 0 fully saturated rings. The summed E-state index contributed by atoms with van der Waals surface area (Å²) in [4.78, 5) is 27.9. The van der Waals surface area contributed by atoms with E-state index in [0.717, 1.165) is 0 Å². The molecule has 0 spiro atoms. The van der Waals surface area contributed by atoms with E-state index in [4.69, 9.17) is 18.9 Å². The van der Waals surface area contributed by atoms with Crippen LogP contribution < -0.4 is 23.8 Å². The third-order valence-electron chi connectivity index (χ3n) is 5.99. The molecule has 2 aliphatic heterocycles. The van der Waals surface area contributed by atoms with Gasteiger partial charge in [0.1, 0.15) is 6.61 Å². The molecule has 174 valence electrons. The fraction of sp³-hybridized carbons (Fsp3) is 0.231. The number of Topliss-reactive ketones (excluding diaryl/α,β-unsaturated/α-hetero) is 1. The molecule has 0 saturated carbocycles. The minimum Gasteiger partial charge on any atom is -0.493 e. The third kappa shape index (κ3) is 3.72. The SMILES string of the molecule is COc1ccccc1OCCN1C(=O)[C@@](O)(CC(=O)c2ccc3c(c2)OCO3)c2ccccc21. The minimum absolute atomic E-state index is 0.0919. The quantitative estimate of drug-likeness (QED) is 0.515. The molecule has 0 bridgehead atoms. The molecule has 0 aliphatic carbocycles. The van der Waals surface area contributed by atoms with E-state index in [0.29, 0.717) is 39.8 Å². The van der Waals surface area contributed by atoms with Crippen LogP contribution in [0.1, 0.15) is 22.3 Å². The Labute approximate surface area is 196 Å². The number of carbonyl (C=O) groups is 2. The van der Waals surface area contributed by atoms with Crippen LogP contribution in [0.15, 0.2) is 66.7 Å². The summed E-state index contributed by atoms with van der Waals surface area (Å²) >= 11 is 0. The molecule has 8 heteroatoms. The van der Waals surface area contributed by atoms with Crippen molar-refractivity contribution in [1.82, 2.24) is 0 Å². The van der Waals surface area contributed by atoms with Crippen molar-refractivity contribution in [1.29, 1.82) is 0 Å². The van der Waals surface area contributed by atoms with Crippen molar-refractivity contribution in [3.05, 3.63) is 77.9 Å². The van der Waals surface area contributed by atoms with E-state index in [9.17, 15) is 14.7 Å². The molecule has 0 radical (unpaired) electrons. The molecule has 0 unspecified atom stereocenters. The number of ether oxygens (including phenoxy) is 4. The third-order valence-corrected chi connectivity index (χ3v) is 5.99. The van der Waals surface area contributed by atoms with E-state index in [-0.39, 0.29) is 25.7 Å². The monoisotopic (exact) mass is 461 g/mol. The highest BCUT2D eigenvalue weighted by atomic mass is 16.7. The highest BCUT2D eigenvalue weighted by Gasteiger charge is 2.50. The van der Waals surface area contributed by atoms with E-state index in [1.165, 1.54) is 4.90 Å².